The molecule has 2 rings (SSSR count). The van der Waals surface area contributed by atoms with Crippen molar-refractivity contribution in [2.45, 2.75) is 19.4 Å². The van der Waals surface area contributed by atoms with E-state index in [1.54, 1.807) is 0 Å². The maximum absolute atomic E-state index is 9.04. The number of aliphatic hydroxyl groups is 1. The highest BCUT2D eigenvalue weighted by atomic mass is 32.1. The van der Waals surface area contributed by atoms with Gasteiger partial charge < -0.3 is 5.11 Å². The zero-order valence-electron chi connectivity index (χ0n) is 8.26. The van der Waals surface area contributed by atoms with E-state index in [1.165, 1.54) is 11.5 Å². The van der Waals surface area contributed by atoms with Gasteiger partial charge in [-0.15, -0.1) is 5.10 Å². The van der Waals surface area contributed by atoms with Crippen LogP contribution in [0.1, 0.15) is 25.1 Å². The van der Waals surface area contributed by atoms with Gasteiger partial charge in [0.05, 0.1) is 11.7 Å². The number of hydrogen-bond donors (Lipinski definition) is 1. The molecule has 0 spiro atoms. The number of aliphatic hydroxyl groups excluding tert-OH is 1. The molecule has 0 bridgehead atoms. The summed E-state index contributed by atoms with van der Waals surface area (Å²) in [6.45, 7) is 4.49. The van der Waals surface area contributed by atoms with E-state index in [2.05, 4.69) is 21.4 Å². The summed E-state index contributed by atoms with van der Waals surface area (Å²) in [7, 11) is 0. The summed E-state index contributed by atoms with van der Waals surface area (Å²) in [5.41, 5.74) is 1.05. The Morgan fingerprint density at radius 2 is 2.64 bits per heavy atom. The second-order valence-corrected chi connectivity index (χ2v) is 4.45. The van der Waals surface area contributed by atoms with Crippen LogP contribution in [-0.4, -0.2) is 39.3 Å². The molecule has 1 N–H and O–H groups in total. The average molecular weight is 213 g/mol. The molecule has 0 aliphatic carbocycles. The molecule has 4 nitrogen and oxygen atoms in total. The first-order valence-electron chi connectivity index (χ1n) is 4.93. The van der Waals surface area contributed by atoms with Crippen LogP contribution in [0.15, 0.2) is 5.38 Å². The van der Waals surface area contributed by atoms with E-state index in [0.717, 1.165) is 25.2 Å². The highest BCUT2D eigenvalue weighted by Gasteiger charge is 2.27. The third kappa shape index (κ3) is 1.94. The highest BCUT2D eigenvalue weighted by Crippen LogP contribution is 2.26. The Hall–Kier alpha value is -0.520. The molecule has 1 aliphatic rings. The van der Waals surface area contributed by atoms with Crippen molar-refractivity contribution in [3.63, 3.8) is 0 Å². The molecule has 1 aromatic heterocycles. The Bertz CT molecular complexity index is 278. The van der Waals surface area contributed by atoms with Crippen molar-refractivity contribution >= 4 is 11.5 Å². The van der Waals surface area contributed by atoms with Gasteiger partial charge in [0.15, 0.2) is 0 Å². The fourth-order valence-electron chi connectivity index (χ4n) is 1.90. The van der Waals surface area contributed by atoms with Gasteiger partial charge in [-0.2, -0.15) is 0 Å². The Morgan fingerprint density at radius 3 is 3.21 bits per heavy atom. The van der Waals surface area contributed by atoms with Crippen LogP contribution in [0.25, 0.3) is 0 Å². The Kier molecular flexibility index (Phi) is 3.10. The van der Waals surface area contributed by atoms with Gasteiger partial charge in [-0.05, 0) is 37.3 Å². The molecule has 1 aromatic rings. The molecule has 78 valence electrons. The van der Waals surface area contributed by atoms with Crippen molar-refractivity contribution in [3.05, 3.63) is 11.1 Å². The van der Waals surface area contributed by atoms with Gasteiger partial charge >= 0.3 is 0 Å². The molecule has 5 heteroatoms. The fourth-order valence-corrected chi connectivity index (χ4v) is 2.44. The number of aromatic nitrogens is 2. The van der Waals surface area contributed by atoms with Crippen LogP contribution < -0.4 is 0 Å². The molecular weight excluding hydrogens is 198 g/mol. The smallest absolute Gasteiger partial charge is 0.0924 e. The largest absolute Gasteiger partial charge is 0.396 e. The van der Waals surface area contributed by atoms with Crippen LogP contribution in [0.5, 0.6) is 0 Å². The minimum atomic E-state index is 0.304. The summed E-state index contributed by atoms with van der Waals surface area (Å²) in [5, 5.41) is 15.1. The first kappa shape index (κ1) is 10.0. The van der Waals surface area contributed by atoms with Crippen molar-refractivity contribution in [1.29, 1.82) is 0 Å². The lowest BCUT2D eigenvalue weighted by Gasteiger charge is -2.21. The van der Waals surface area contributed by atoms with Crippen molar-refractivity contribution in [3.8, 4) is 0 Å². The van der Waals surface area contributed by atoms with Crippen LogP contribution in [0, 0.1) is 5.92 Å². The van der Waals surface area contributed by atoms with Crippen molar-refractivity contribution < 1.29 is 5.11 Å². The van der Waals surface area contributed by atoms with Gasteiger partial charge in [0.2, 0.25) is 0 Å². The number of likely N-dealkylation sites (tertiary alicyclic amines) is 1. The van der Waals surface area contributed by atoms with E-state index < -0.39 is 0 Å². The molecule has 1 saturated heterocycles. The molecule has 14 heavy (non-hydrogen) atoms. The van der Waals surface area contributed by atoms with Crippen LogP contribution in [-0.2, 0) is 0 Å². The second kappa shape index (κ2) is 4.33. The second-order valence-electron chi connectivity index (χ2n) is 3.84. The van der Waals surface area contributed by atoms with E-state index in [0.29, 0.717) is 18.6 Å². The molecule has 2 heterocycles. The fraction of sp³-hybridized carbons (Fsp3) is 0.778. The van der Waals surface area contributed by atoms with Crippen molar-refractivity contribution in [2.24, 2.45) is 5.92 Å². The van der Waals surface area contributed by atoms with Crippen LogP contribution in [0.4, 0.5) is 0 Å². The van der Waals surface area contributed by atoms with Crippen molar-refractivity contribution in [2.75, 3.05) is 19.7 Å². The first-order chi connectivity index (χ1) is 6.81. The number of nitrogens with zero attached hydrogens (tertiary/aromatic N) is 3. The van der Waals surface area contributed by atoms with Gasteiger partial charge in [0, 0.05) is 18.5 Å². The normalized spacial score (nSPS) is 25.4. The minimum absolute atomic E-state index is 0.304. The van der Waals surface area contributed by atoms with Crippen LogP contribution in [0.3, 0.4) is 0 Å². The summed E-state index contributed by atoms with van der Waals surface area (Å²) in [6.07, 6.45) is 1.10. The molecular formula is C9H15N3OS. The zero-order valence-corrected chi connectivity index (χ0v) is 9.07. The lowest BCUT2D eigenvalue weighted by atomic mass is 10.1. The molecule has 0 saturated carbocycles. The van der Waals surface area contributed by atoms with E-state index in [-0.39, 0.29) is 0 Å². The van der Waals surface area contributed by atoms with Gasteiger partial charge in [0.1, 0.15) is 0 Å². The summed E-state index contributed by atoms with van der Waals surface area (Å²) < 4.78 is 3.87. The summed E-state index contributed by atoms with van der Waals surface area (Å²) in [4.78, 5) is 2.36. The predicted molar refractivity (Wildman–Crippen MR) is 55.1 cm³/mol. The summed E-state index contributed by atoms with van der Waals surface area (Å²) in [6, 6.07) is 0.338. The van der Waals surface area contributed by atoms with Gasteiger partial charge in [-0.25, -0.2) is 0 Å². The standard InChI is InChI=1S/C9H15N3OS/c1-7(9-6-14-11-10-9)12-3-2-8(4-12)5-13/h6-8,13H,2-5H2,1H3. The van der Waals surface area contributed by atoms with E-state index in [9.17, 15) is 0 Å². The minimum Gasteiger partial charge on any atom is -0.396 e. The van der Waals surface area contributed by atoms with Crippen LogP contribution >= 0.6 is 11.5 Å². The van der Waals surface area contributed by atoms with Gasteiger partial charge in [-0.1, -0.05) is 4.49 Å². The van der Waals surface area contributed by atoms with Gasteiger partial charge in [-0.3, -0.25) is 4.90 Å². The summed E-state index contributed by atoms with van der Waals surface area (Å²) >= 11 is 1.40. The number of hydrogen-bond acceptors (Lipinski definition) is 5. The molecule has 0 aromatic carbocycles. The average Bonchev–Trinajstić information content (AvgIpc) is 2.88. The lowest BCUT2D eigenvalue weighted by Crippen LogP contribution is -2.25. The molecule has 0 amide bonds. The topological polar surface area (TPSA) is 49.2 Å². The zero-order chi connectivity index (χ0) is 9.97. The SMILES string of the molecule is CC(c1csnn1)N1CCC(CO)C1. The predicted octanol–water partition coefficient (Wildman–Crippen LogP) is 0.913. The third-order valence-electron chi connectivity index (χ3n) is 2.93. The molecule has 1 fully saturated rings. The van der Waals surface area contributed by atoms with Crippen LogP contribution in [0.2, 0.25) is 0 Å². The highest BCUT2D eigenvalue weighted by molar-refractivity contribution is 7.03. The lowest BCUT2D eigenvalue weighted by molar-refractivity contribution is 0.203. The molecule has 2 unspecified atom stereocenters. The van der Waals surface area contributed by atoms with E-state index in [1.807, 2.05) is 5.38 Å². The third-order valence-corrected chi connectivity index (χ3v) is 3.45. The summed E-state index contributed by atoms with van der Waals surface area (Å²) in [5.74, 6) is 0.448. The molecule has 1 aliphatic heterocycles. The Morgan fingerprint density at radius 1 is 1.79 bits per heavy atom. The van der Waals surface area contributed by atoms with E-state index in [4.69, 9.17) is 5.11 Å². The quantitative estimate of drug-likeness (QED) is 0.811. The molecule has 0 radical (unpaired) electrons. The van der Waals surface area contributed by atoms with Gasteiger partial charge in [0.25, 0.3) is 0 Å². The molecule has 2 atom stereocenters. The first-order valence-corrected chi connectivity index (χ1v) is 5.76. The Labute approximate surface area is 87.7 Å². The monoisotopic (exact) mass is 213 g/mol. The maximum atomic E-state index is 9.04. The Balaban J connectivity index is 1.97. The maximum Gasteiger partial charge on any atom is 0.0924 e. The van der Waals surface area contributed by atoms with Crippen molar-refractivity contribution in [1.82, 2.24) is 14.5 Å². The number of rotatable bonds is 3. The van der Waals surface area contributed by atoms with E-state index >= 15 is 0 Å².